The quantitative estimate of drug-likeness (QED) is 0.0262. The van der Waals surface area contributed by atoms with Crippen LogP contribution in [0.1, 0.15) is 278 Å². The minimum absolute atomic E-state index is 0.0892. The number of carbonyl (C=O) groups excluding carboxylic acids is 3. The molecule has 0 aliphatic heterocycles. The van der Waals surface area contributed by atoms with E-state index in [2.05, 4.69) is 106 Å². The smallest absolute Gasteiger partial charge is 0.306 e. The number of ether oxygens (including phenoxy) is 3. The molecular weight excluding hydrogens is 853 g/mol. The first kappa shape index (κ1) is 65.6. The van der Waals surface area contributed by atoms with Gasteiger partial charge in [-0.15, -0.1) is 0 Å². The first-order chi connectivity index (χ1) is 34.0. The van der Waals surface area contributed by atoms with Crippen LogP contribution in [0.15, 0.2) is 85.1 Å². The average Bonchev–Trinajstić information content (AvgIpc) is 3.35. The van der Waals surface area contributed by atoms with Crippen molar-refractivity contribution in [3.05, 3.63) is 85.1 Å². The van der Waals surface area contributed by atoms with E-state index < -0.39 is 6.10 Å². The summed E-state index contributed by atoms with van der Waals surface area (Å²) >= 11 is 0. The molecule has 0 aromatic heterocycles. The largest absolute Gasteiger partial charge is 0.462 e. The third kappa shape index (κ3) is 55.4. The van der Waals surface area contributed by atoms with Gasteiger partial charge in [0.25, 0.3) is 0 Å². The Labute approximate surface area is 426 Å². The summed E-state index contributed by atoms with van der Waals surface area (Å²) in [7, 11) is 0. The zero-order valence-electron chi connectivity index (χ0n) is 45.3. The molecule has 0 aliphatic rings. The second-order valence-electron chi connectivity index (χ2n) is 19.2. The Balaban J connectivity index is 4.41. The minimum Gasteiger partial charge on any atom is -0.462 e. The van der Waals surface area contributed by atoms with Gasteiger partial charge in [-0.2, -0.15) is 0 Å². The van der Waals surface area contributed by atoms with Gasteiger partial charge in [-0.25, -0.2) is 0 Å². The topological polar surface area (TPSA) is 78.9 Å². The van der Waals surface area contributed by atoms with Gasteiger partial charge in [0.1, 0.15) is 13.2 Å². The van der Waals surface area contributed by atoms with Gasteiger partial charge < -0.3 is 14.2 Å². The molecule has 0 heterocycles. The normalized spacial score (nSPS) is 12.7. The highest BCUT2D eigenvalue weighted by atomic mass is 16.6. The predicted molar refractivity (Wildman–Crippen MR) is 297 cm³/mol. The first-order valence-corrected chi connectivity index (χ1v) is 29.1. The molecule has 69 heavy (non-hydrogen) atoms. The summed E-state index contributed by atoms with van der Waals surface area (Å²) in [4.78, 5) is 38.1. The van der Waals surface area contributed by atoms with E-state index in [-0.39, 0.29) is 31.1 Å². The zero-order valence-corrected chi connectivity index (χ0v) is 45.3. The van der Waals surface area contributed by atoms with E-state index in [9.17, 15) is 14.4 Å². The van der Waals surface area contributed by atoms with E-state index in [4.69, 9.17) is 14.2 Å². The van der Waals surface area contributed by atoms with Crippen LogP contribution in [0.2, 0.25) is 0 Å². The average molecular weight is 962 g/mol. The van der Waals surface area contributed by atoms with Crippen molar-refractivity contribution in [2.75, 3.05) is 13.2 Å². The molecule has 396 valence electrons. The van der Waals surface area contributed by atoms with Crippen LogP contribution in [0.4, 0.5) is 0 Å². The van der Waals surface area contributed by atoms with Crippen LogP contribution in [0.25, 0.3) is 0 Å². The Morgan fingerprint density at radius 2 is 0.565 bits per heavy atom. The van der Waals surface area contributed by atoms with E-state index >= 15 is 0 Å². The summed E-state index contributed by atoms with van der Waals surface area (Å²) in [5.41, 5.74) is 0. The van der Waals surface area contributed by atoms with E-state index in [1.54, 1.807) is 0 Å². The van der Waals surface area contributed by atoms with Gasteiger partial charge >= 0.3 is 17.9 Å². The summed E-state index contributed by atoms with van der Waals surface area (Å²) < 4.78 is 16.8. The third-order valence-electron chi connectivity index (χ3n) is 12.4. The molecule has 0 fully saturated rings. The summed E-state index contributed by atoms with van der Waals surface area (Å²) in [6.45, 7) is 6.49. The highest BCUT2D eigenvalue weighted by Crippen LogP contribution is 2.15. The summed E-state index contributed by atoms with van der Waals surface area (Å²) in [5.74, 6) is -0.931. The van der Waals surface area contributed by atoms with Crippen LogP contribution in [-0.4, -0.2) is 37.2 Å². The molecule has 0 bridgehead atoms. The van der Waals surface area contributed by atoms with Gasteiger partial charge in [0.2, 0.25) is 0 Å². The SMILES string of the molecule is CC/C=C\C/C=C\C/C=C\C/C=C\C/C=C\C/C=C\CCCCC(=O)OCC(COC(=O)CCCCCCCCCCCCC)OC(=O)CCCCCCCCCCC/C=C\CCCCCCCC. The van der Waals surface area contributed by atoms with Crippen molar-refractivity contribution >= 4 is 17.9 Å². The van der Waals surface area contributed by atoms with Gasteiger partial charge in [0.05, 0.1) is 0 Å². The van der Waals surface area contributed by atoms with Crippen molar-refractivity contribution in [2.24, 2.45) is 0 Å². The Hall–Kier alpha value is -3.41. The monoisotopic (exact) mass is 961 g/mol. The maximum atomic E-state index is 12.9. The Morgan fingerprint density at radius 1 is 0.304 bits per heavy atom. The fourth-order valence-electron chi connectivity index (χ4n) is 8.03. The molecule has 1 unspecified atom stereocenters. The standard InChI is InChI=1S/C63H108O6/c1-4-7-10-13-16-19-22-24-26-28-30-31-33-34-36-38-41-44-47-50-53-56-62(65)68-59-60(58-67-61(64)55-52-49-46-43-40-21-18-15-12-9-6-3)69-63(66)57-54-51-48-45-42-39-37-35-32-29-27-25-23-20-17-14-11-8-5-2/h7,10,16,19,24-27,30-31,34,36,41,44,60H,4-6,8-9,11-15,17-18,20-23,28-29,32-33,35,37-40,42-43,45-59H2,1-3H3/b10-7-,19-16-,26-24-,27-25-,31-30-,36-34-,44-41-. The molecule has 0 saturated carbocycles. The van der Waals surface area contributed by atoms with Gasteiger partial charge in [-0.3, -0.25) is 14.4 Å². The van der Waals surface area contributed by atoms with Crippen molar-refractivity contribution in [3.63, 3.8) is 0 Å². The van der Waals surface area contributed by atoms with E-state index in [1.807, 2.05) is 0 Å². The van der Waals surface area contributed by atoms with Crippen LogP contribution in [0.3, 0.4) is 0 Å². The van der Waals surface area contributed by atoms with E-state index in [0.29, 0.717) is 19.3 Å². The van der Waals surface area contributed by atoms with Gasteiger partial charge in [-0.1, -0.05) is 247 Å². The summed E-state index contributed by atoms with van der Waals surface area (Å²) in [5, 5.41) is 0. The molecule has 0 rings (SSSR count). The fourth-order valence-corrected chi connectivity index (χ4v) is 8.03. The molecule has 0 amide bonds. The van der Waals surface area contributed by atoms with Crippen LogP contribution < -0.4 is 0 Å². The number of carbonyl (C=O) groups is 3. The van der Waals surface area contributed by atoms with E-state index in [1.165, 1.54) is 141 Å². The maximum Gasteiger partial charge on any atom is 0.306 e. The molecule has 0 aliphatic carbocycles. The Kier molecular flexibility index (Phi) is 54.3. The van der Waals surface area contributed by atoms with Crippen molar-refractivity contribution < 1.29 is 28.6 Å². The number of hydrogen-bond acceptors (Lipinski definition) is 6. The van der Waals surface area contributed by atoms with Gasteiger partial charge in [0, 0.05) is 19.3 Å². The van der Waals surface area contributed by atoms with Crippen molar-refractivity contribution in [2.45, 2.75) is 284 Å². The number of hydrogen-bond donors (Lipinski definition) is 0. The number of esters is 3. The van der Waals surface area contributed by atoms with Crippen LogP contribution in [0.5, 0.6) is 0 Å². The van der Waals surface area contributed by atoms with Gasteiger partial charge in [0.15, 0.2) is 6.10 Å². The fraction of sp³-hybridized carbons (Fsp3) is 0.730. The number of unbranched alkanes of at least 4 members (excludes halogenated alkanes) is 27. The lowest BCUT2D eigenvalue weighted by molar-refractivity contribution is -0.167. The molecule has 0 saturated heterocycles. The molecule has 6 heteroatoms. The lowest BCUT2D eigenvalue weighted by Gasteiger charge is -2.18. The predicted octanol–water partition coefficient (Wildman–Crippen LogP) is 19.5. The molecule has 1 atom stereocenters. The third-order valence-corrected chi connectivity index (χ3v) is 12.4. The highest BCUT2D eigenvalue weighted by molar-refractivity contribution is 5.71. The number of allylic oxidation sites excluding steroid dienone is 14. The lowest BCUT2D eigenvalue weighted by atomic mass is 10.1. The first-order valence-electron chi connectivity index (χ1n) is 29.1. The van der Waals surface area contributed by atoms with Crippen molar-refractivity contribution in [1.29, 1.82) is 0 Å². The molecular formula is C63H108O6. The molecule has 0 radical (unpaired) electrons. The Bertz CT molecular complexity index is 1330. The van der Waals surface area contributed by atoms with Crippen LogP contribution in [-0.2, 0) is 28.6 Å². The summed E-state index contributed by atoms with van der Waals surface area (Å²) in [6.07, 6.45) is 74.3. The van der Waals surface area contributed by atoms with Crippen LogP contribution in [0, 0.1) is 0 Å². The van der Waals surface area contributed by atoms with E-state index in [0.717, 1.165) is 96.3 Å². The molecule has 0 aromatic rings. The molecule has 0 spiro atoms. The lowest BCUT2D eigenvalue weighted by Crippen LogP contribution is -2.30. The molecule has 0 N–H and O–H groups in total. The number of rotatable bonds is 52. The molecule has 0 aromatic carbocycles. The van der Waals surface area contributed by atoms with Crippen LogP contribution >= 0.6 is 0 Å². The van der Waals surface area contributed by atoms with Crippen molar-refractivity contribution in [1.82, 2.24) is 0 Å². The summed E-state index contributed by atoms with van der Waals surface area (Å²) in [6, 6.07) is 0. The molecule has 6 nitrogen and oxygen atoms in total. The second kappa shape index (κ2) is 57.2. The zero-order chi connectivity index (χ0) is 50.0. The van der Waals surface area contributed by atoms with Gasteiger partial charge in [-0.05, 0) is 96.3 Å². The second-order valence-corrected chi connectivity index (χ2v) is 19.2. The minimum atomic E-state index is -0.794. The Morgan fingerprint density at radius 3 is 0.928 bits per heavy atom. The highest BCUT2D eigenvalue weighted by Gasteiger charge is 2.19. The maximum absolute atomic E-state index is 12.9. The van der Waals surface area contributed by atoms with Crippen molar-refractivity contribution in [3.8, 4) is 0 Å².